The summed E-state index contributed by atoms with van der Waals surface area (Å²) >= 11 is 0. The number of para-hydroxylation sites is 1. The van der Waals surface area contributed by atoms with Crippen LogP contribution in [0.5, 0.6) is 0 Å². The molecule has 0 fully saturated rings. The number of carbonyl (C=O) groups excluding carboxylic acids is 1. The number of methoxy groups -OCH3 is 1. The normalized spacial score (nSPS) is 10.3. The Morgan fingerprint density at radius 2 is 1.95 bits per heavy atom. The van der Waals surface area contributed by atoms with Gasteiger partial charge in [0.05, 0.1) is 25.0 Å². The second-order valence-electron chi connectivity index (χ2n) is 4.94. The van der Waals surface area contributed by atoms with Crippen LogP contribution in [0.3, 0.4) is 0 Å². The summed E-state index contributed by atoms with van der Waals surface area (Å²) in [6.07, 6.45) is 0. The molecule has 0 bridgehead atoms. The van der Waals surface area contributed by atoms with Crippen LogP contribution in [0.1, 0.15) is 27.0 Å². The molecule has 0 radical (unpaired) electrons. The molecule has 0 aliphatic heterocycles. The van der Waals surface area contributed by atoms with Gasteiger partial charge in [-0.2, -0.15) is 0 Å². The number of rotatable bonds is 4. The Kier molecular flexibility index (Phi) is 4.60. The number of aliphatic hydroxyl groups excluding tert-OH is 1. The first kappa shape index (κ1) is 15.1. The zero-order valence-electron chi connectivity index (χ0n) is 12.4. The molecule has 2 N–H and O–H groups in total. The number of ether oxygens (including phenoxy) is 1. The summed E-state index contributed by atoms with van der Waals surface area (Å²) < 4.78 is 4.79. The maximum atomic E-state index is 11.8. The molecule has 4 nitrogen and oxygen atoms in total. The van der Waals surface area contributed by atoms with Crippen molar-refractivity contribution in [1.29, 1.82) is 0 Å². The van der Waals surface area contributed by atoms with Crippen LogP contribution in [-0.4, -0.2) is 18.2 Å². The Morgan fingerprint density at radius 3 is 2.62 bits per heavy atom. The number of anilines is 2. The minimum Gasteiger partial charge on any atom is -0.465 e. The Morgan fingerprint density at radius 1 is 1.24 bits per heavy atom. The van der Waals surface area contributed by atoms with Gasteiger partial charge in [0.1, 0.15) is 0 Å². The molecule has 2 aromatic carbocycles. The van der Waals surface area contributed by atoms with Gasteiger partial charge in [-0.1, -0.05) is 29.8 Å². The number of aryl methyl sites for hydroxylation is 2. The Bertz CT molecular complexity index is 665. The van der Waals surface area contributed by atoms with Gasteiger partial charge in [0.2, 0.25) is 0 Å². The summed E-state index contributed by atoms with van der Waals surface area (Å²) in [6.45, 7) is 3.89. The van der Waals surface area contributed by atoms with Gasteiger partial charge in [0.15, 0.2) is 0 Å². The molecule has 0 heterocycles. The highest BCUT2D eigenvalue weighted by molar-refractivity contribution is 5.96. The van der Waals surface area contributed by atoms with Gasteiger partial charge >= 0.3 is 5.97 Å². The second kappa shape index (κ2) is 6.41. The number of nitrogens with one attached hydrogen (secondary N) is 1. The molecule has 0 spiro atoms. The predicted molar refractivity (Wildman–Crippen MR) is 82.9 cm³/mol. The first-order valence-corrected chi connectivity index (χ1v) is 6.72. The lowest BCUT2D eigenvalue weighted by Gasteiger charge is -2.16. The van der Waals surface area contributed by atoms with Crippen LogP contribution in [0.4, 0.5) is 11.4 Å². The fourth-order valence-electron chi connectivity index (χ4n) is 2.37. The lowest BCUT2D eigenvalue weighted by Crippen LogP contribution is -2.07. The van der Waals surface area contributed by atoms with Crippen molar-refractivity contribution in [2.45, 2.75) is 20.5 Å². The SMILES string of the molecule is COC(=O)c1ccccc1Nc1c(C)cc(C)cc1CO. The third-order valence-corrected chi connectivity index (χ3v) is 3.32. The fraction of sp³-hybridized carbons (Fsp3) is 0.235. The molecule has 2 aromatic rings. The van der Waals surface area contributed by atoms with Gasteiger partial charge in [-0.25, -0.2) is 4.79 Å². The Labute approximate surface area is 124 Å². The van der Waals surface area contributed by atoms with Crippen molar-refractivity contribution in [3.8, 4) is 0 Å². The zero-order chi connectivity index (χ0) is 15.4. The maximum Gasteiger partial charge on any atom is 0.339 e. The standard InChI is InChI=1S/C17H19NO3/c1-11-8-12(2)16(13(9-11)10-19)18-15-7-5-4-6-14(15)17(20)21-3/h4-9,18-19H,10H2,1-3H3. The van der Waals surface area contributed by atoms with Crippen LogP contribution in [0.2, 0.25) is 0 Å². The molecule has 4 heteroatoms. The van der Waals surface area contributed by atoms with E-state index < -0.39 is 5.97 Å². The quantitative estimate of drug-likeness (QED) is 0.846. The smallest absolute Gasteiger partial charge is 0.339 e. The largest absolute Gasteiger partial charge is 0.465 e. The van der Waals surface area contributed by atoms with E-state index in [1.807, 2.05) is 38.1 Å². The van der Waals surface area contributed by atoms with Crippen molar-refractivity contribution in [2.24, 2.45) is 0 Å². The van der Waals surface area contributed by atoms with Crippen LogP contribution in [0.15, 0.2) is 36.4 Å². The second-order valence-corrected chi connectivity index (χ2v) is 4.94. The van der Waals surface area contributed by atoms with Gasteiger partial charge in [0.25, 0.3) is 0 Å². The monoisotopic (exact) mass is 285 g/mol. The number of aliphatic hydroxyl groups is 1. The van der Waals surface area contributed by atoms with Gasteiger partial charge < -0.3 is 15.2 Å². The molecule has 2 rings (SSSR count). The van der Waals surface area contributed by atoms with E-state index >= 15 is 0 Å². The van der Waals surface area contributed by atoms with Gasteiger partial charge in [0, 0.05) is 11.3 Å². The van der Waals surface area contributed by atoms with Crippen molar-refractivity contribution >= 4 is 17.3 Å². The highest BCUT2D eigenvalue weighted by atomic mass is 16.5. The lowest BCUT2D eigenvalue weighted by molar-refractivity contribution is 0.0602. The minimum atomic E-state index is -0.395. The molecular weight excluding hydrogens is 266 g/mol. The van der Waals surface area contributed by atoms with Gasteiger partial charge in [-0.3, -0.25) is 0 Å². The van der Waals surface area contributed by atoms with Crippen LogP contribution in [-0.2, 0) is 11.3 Å². The van der Waals surface area contributed by atoms with Crippen molar-refractivity contribution < 1.29 is 14.6 Å². The first-order valence-electron chi connectivity index (χ1n) is 6.72. The summed E-state index contributed by atoms with van der Waals surface area (Å²) in [5.41, 5.74) is 4.84. The number of hydrogen-bond acceptors (Lipinski definition) is 4. The third-order valence-electron chi connectivity index (χ3n) is 3.32. The summed E-state index contributed by atoms with van der Waals surface area (Å²) in [7, 11) is 1.36. The molecule has 0 atom stereocenters. The number of benzene rings is 2. The van der Waals surface area contributed by atoms with E-state index in [-0.39, 0.29) is 6.61 Å². The summed E-state index contributed by atoms with van der Waals surface area (Å²) in [5, 5.41) is 12.8. The van der Waals surface area contributed by atoms with E-state index in [1.54, 1.807) is 12.1 Å². The molecule has 0 amide bonds. The highest BCUT2D eigenvalue weighted by Crippen LogP contribution is 2.28. The molecule has 21 heavy (non-hydrogen) atoms. The van der Waals surface area contributed by atoms with Crippen LogP contribution >= 0.6 is 0 Å². The molecule has 0 saturated heterocycles. The summed E-state index contributed by atoms with van der Waals surface area (Å²) in [4.78, 5) is 11.8. The van der Waals surface area contributed by atoms with E-state index in [2.05, 4.69) is 5.32 Å². The predicted octanol–water partition coefficient (Wildman–Crippen LogP) is 3.33. The Balaban J connectivity index is 2.46. The van der Waals surface area contributed by atoms with E-state index in [9.17, 15) is 9.90 Å². The van der Waals surface area contributed by atoms with E-state index in [1.165, 1.54) is 7.11 Å². The maximum absolute atomic E-state index is 11.8. The average molecular weight is 285 g/mol. The van der Waals surface area contributed by atoms with E-state index in [0.717, 1.165) is 22.4 Å². The number of carbonyl (C=O) groups is 1. The zero-order valence-corrected chi connectivity index (χ0v) is 12.4. The minimum absolute atomic E-state index is 0.0642. The van der Waals surface area contributed by atoms with Crippen molar-refractivity contribution in [2.75, 3.05) is 12.4 Å². The average Bonchev–Trinajstić information content (AvgIpc) is 2.49. The van der Waals surface area contributed by atoms with Gasteiger partial charge in [-0.05, 0) is 31.5 Å². The van der Waals surface area contributed by atoms with Crippen LogP contribution < -0.4 is 5.32 Å². The molecule has 0 aliphatic rings. The van der Waals surface area contributed by atoms with E-state index in [4.69, 9.17) is 4.74 Å². The van der Waals surface area contributed by atoms with Crippen molar-refractivity contribution in [3.05, 3.63) is 58.7 Å². The Hall–Kier alpha value is -2.33. The lowest BCUT2D eigenvalue weighted by atomic mass is 10.0. The molecular formula is C17H19NO3. The van der Waals surface area contributed by atoms with Crippen LogP contribution in [0.25, 0.3) is 0 Å². The number of esters is 1. The third kappa shape index (κ3) is 3.23. The molecule has 0 aromatic heterocycles. The molecule has 0 saturated carbocycles. The van der Waals surface area contributed by atoms with E-state index in [0.29, 0.717) is 11.3 Å². The molecule has 0 unspecified atom stereocenters. The highest BCUT2D eigenvalue weighted by Gasteiger charge is 2.13. The fourth-order valence-corrected chi connectivity index (χ4v) is 2.37. The molecule has 0 aliphatic carbocycles. The number of hydrogen-bond donors (Lipinski definition) is 2. The van der Waals surface area contributed by atoms with Gasteiger partial charge in [-0.15, -0.1) is 0 Å². The summed E-state index contributed by atoms with van der Waals surface area (Å²) in [5.74, 6) is -0.395. The van der Waals surface area contributed by atoms with Crippen molar-refractivity contribution in [1.82, 2.24) is 0 Å². The van der Waals surface area contributed by atoms with Crippen LogP contribution in [0, 0.1) is 13.8 Å². The topological polar surface area (TPSA) is 58.6 Å². The van der Waals surface area contributed by atoms with Crippen molar-refractivity contribution in [3.63, 3.8) is 0 Å². The first-order chi connectivity index (χ1) is 10.1. The molecule has 110 valence electrons. The summed E-state index contributed by atoms with van der Waals surface area (Å²) in [6, 6.07) is 11.1.